The van der Waals surface area contributed by atoms with E-state index in [1.807, 2.05) is 0 Å². The Morgan fingerprint density at radius 1 is 1.56 bits per heavy atom. The second-order valence-electron chi connectivity index (χ2n) is 1.81. The van der Waals surface area contributed by atoms with Crippen molar-refractivity contribution in [1.82, 2.24) is 0 Å². The topological polar surface area (TPSA) is 0 Å². The molecule has 55 valence electrons. The molecule has 0 saturated heterocycles. The first-order chi connectivity index (χ1) is 3.98. The van der Waals surface area contributed by atoms with Crippen LogP contribution in [0.15, 0.2) is 0 Å². The van der Waals surface area contributed by atoms with Gasteiger partial charge in [-0.25, -0.2) is 17.6 Å². The smallest absolute Gasteiger partial charge is 0.244 e. The monoisotopic (exact) mass is 143 g/mol. The van der Waals surface area contributed by atoms with E-state index >= 15 is 0 Å². The first-order valence-electron chi connectivity index (χ1n) is 2.42. The molecule has 0 aliphatic heterocycles. The van der Waals surface area contributed by atoms with Crippen LogP contribution in [-0.4, -0.2) is 12.1 Å². The van der Waals surface area contributed by atoms with E-state index in [-0.39, 0.29) is 6.67 Å². The molecule has 1 atom stereocenters. The van der Waals surface area contributed by atoms with Gasteiger partial charge in [0.15, 0.2) is 6.17 Å². The van der Waals surface area contributed by atoms with Crippen molar-refractivity contribution in [3.63, 3.8) is 0 Å². The molecule has 4 heteroatoms. The Labute approximate surface area is 50.9 Å². The predicted octanol–water partition coefficient (Wildman–Crippen LogP) is 2.50. The van der Waals surface area contributed by atoms with Gasteiger partial charge in [0.05, 0.1) is 0 Å². The summed E-state index contributed by atoms with van der Waals surface area (Å²) >= 11 is 0. The molecule has 1 radical (unpaired) electrons. The minimum absolute atomic E-state index is 0.109. The average Bonchev–Trinajstić information content (AvgIpc) is 1.64. The van der Waals surface area contributed by atoms with E-state index in [4.69, 9.17) is 0 Å². The lowest BCUT2D eigenvalue weighted by Gasteiger charge is -2.12. The number of hydrogen-bond donors (Lipinski definition) is 0. The maximum absolute atomic E-state index is 11.9. The van der Waals surface area contributed by atoms with Crippen LogP contribution in [0, 0.1) is 6.67 Å². The highest BCUT2D eigenvalue weighted by Gasteiger charge is 2.33. The molecule has 0 aliphatic carbocycles. The zero-order chi connectivity index (χ0) is 7.49. The largest absolute Gasteiger partial charge is 0.276 e. The van der Waals surface area contributed by atoms with E-state index in [9.17, 15) is 17.6 Å². The molecule has 0 nitrogen and oxygen atoms in total. The Kier molecular flexibility index (Phi) is 2.94. The summed E-state index contributed by atoms with van der Waals surface area (Å²) in [6.45, 7) is 0.309. The van der Waals surface area contributed by atoms with Crippen molar-refractivity contribution in [2.75, 3.05) is 0 Å². The molecular weight excluding hydrogens is 136 g/mol. The maximum Gasteiger partial charge on any atom is 0.276 e. The van der Waals surface area contributed by atoms with E-state index in [1.54, 1.807) is 0 Å². The van der Waals surface area contributed by atoms with E-state index in [0.29, 0.717) is 6.92 Å². The van der Waals surface area contributed by atoms with Crippen LogP contribution in [0.2, 0.25) is 0 Å². The minimum atomic E-state index is -3.43. The number of halogens is 4. The van der Waals surface area contributed by atoms with E-state index in [1.165, 1.54) is 0 Å². The zero-order valence-corrected chi connectivity index (χ0v) is 4.87. The Balaban J connectivity index is 3.59. The summed E-state index contributed by atoms with van der Waals surface area (Å²) < 4.78 is 46.4. The number of alkyl halides is 3. The summed E-state index contributed by atoms with van der Waals surface area (Å²) in [6.07, 6.45) is -3.24. The SMILES string of the molecule is CC(F)(F)C(F)C[CH]F. The van der Waals surface area contributed by atoms with Crippen molar-refractivity contribution in [3.8, 4) is 0 Å². The third-order valence-corrected chi connectivity index (χ3v) is 0.846. The summed E-state index contributed by atoms with van der Waals surface area (Å²) in [4.78, 5) is 0. The van der Waals surface area contributed by atoms with Crippen LogP contribution in [0.3, 0.4) is 0 Å². The van der Waals surface area contributed by atoms with Crippen molar-refractivity contribution >= 4 is 0 Å². The van der Waals surface area contributed by atoms with Gasteiger partial charge >= 0.3 is 0 Å². The lowest BCUT2D eigenvalue weighted by Crippen LogP contribution is -2.25. The molecule has 0 aromatic heterocycles. The fraction of sp³-hybridized carbons (Fsp3) is 0.800. The normalized spacial score (nSPS) is 15.7. The molecule has 9 heavy (non-hydrogen) atoms. The molecule has 0 spiro atoms. The van der Waals surface area contributed by atoms with Crippen LogP contribution in [0.4, 0.5) is 17.6 Å². The molecule has 0 heterocycles. The van der Waals surface area contributed by atoms with Crippen molar-refractivity contribution < 1.29 is 17.6 Å². The van der Waals surface area contributed by atoms with Crippen molar-refractivity contribution in [1.29, 1.82) is 0 Å². The first-order valence-corrected chi connectivity index (χ1v) is 2.42. The molecule has 0 rings (SSSR count). The van der Waals surface area contributed by atoms with E-state index < -0.39 is 18.5 Å². The Morgan fingerprint density at radius 2 is 2.00 bits per heavy atom. The average molecular weight is 143 g/mol. The third kappa shape index (κ3) is 3.32. The van der Waals surface area contributed by atoms with Gasteiger partial charge in [-0.3, -0.25) is 0 Å². The predicted molar refractivity (Wildman–Crippen MR) is 25.5 cm³/mol. The Bertz CT molecular complexity index is 75.5. The maximum atomic E-state index is 11.9. The van der Waals surface area contributed by atoms with Gasteiger partial charge in [0.2, 0.25) is 0 Å². The van der Waals surface area contributed by atoms with Crippen LogP contribution < -0.4 is 0 Å². The second kappa shape index (κ2) is 3.03. The van der Waals surface area contributed by atoms with Crippen LogP contribution in [0.5, 0.6) is 0 Å². The number of rotatable bonds is 3. The van der Waals surface area contributed by atoms with Crippen molar-refractivity contribution in [2.45, 2.75) is 25.4 Å². The van der Waals surface area contributed by atoms with Gasteiger partial charge in [0, 0.05) is 13.3 Å². The third-order valence-electron chi connectivity index (χ3n) is 0.846. The standard InChI is InChI=1S/C5H7F4/c1-5(8,9)4(7)2-3-6/h3-4H,2H2,1H3. The van der Waals surface area contributed by atoms with Crippen molar-refractivity contribution in [2.24, 2.45) is 0 Å². The summed E-state index contributed by atoms with van der Waals surface area (Å²) in [7, 11) is 0. The molecular formula is C5H7F4. The summed E-state index contributed by atoms with van der Waals surface area (Å²) in [6, 6.07) is 0. The van der Waals surface area contributed by atoms with Crippen LogP contribution in [0.25, 0.3) is 0 Å². The van der Waals surface area contributed by atoms with Gasteiger partial charge in [-0.15, -0.1) is 0 Å². The van der Waals surface area contributed by atoms with Gasteiger partial charge in [-0.05, 0) is 0 Å². The molecule has 0 amide bonds. The quantitative estimate of drug-likeness (QED) is 0.532. The second-order valence-corrected chi connectivity index (χ2v) is 1.81. The number of hydrogen-bond acceptors (Lipinski definition) is 0. The molecule has 1 unspecified atom stereocenters. The molecule has 0 aromatic carbocycles. The molecule has 0 aliphatic rings. The van der Waals surface area contributed by atoms with Gasteiger partial charge in [0.1, 0.15) is 6.67 Å². The minimum Gasteiger partial charge on any atom is -0.244 e. The highest BCUT2D eigenvalue weighted by Crippen LogP contribution is 2.23. The molecule has 0 N–H and O–H groups in total. The van der Waals surface area contributed by atoms with Crippen LogP contribution in [0.1, 0.15) is 13.3 Å². The molecule has 0 fully saturated rings. The fourth-order valence-corrected chi connectivity index (χ4v) is 0.285. The highest BCUT2D eigenvalue weighted by molar-refractivity contribution is 4.73. The van der Waals surface area contributed by atoms with E-state index in [0.717, 1.165) is 0 Å². The highest BCUT2D eigenvalue weighted by atomic mass is 19.3. The molecule has 0 saturated carbocycles. The fourth-order valence-electron chi connectivity index (χ4n) is 0.285. The van der Waals surface area contributed by atoms with Gasteiger partial charge in [-0.2, -0.15) is 0 Å². The van der Waals surface area contributed by atoms with E-state index in [2.05, 4.69) is 0 Å². The van der Waals surface area contributed by atoms with Crippen LogP contribution >= 0.6 is 0 Å². The lowest BCUT2D eigenvalue weighted by molar-refractivity contribution is -0.0564. The summed E-state index contributed by atoms with van der Waals surface area (Å²) in [5.41, 5.74) is 0. The van der Waals surface area contributed by atoms with Crippen LogP contribution in [-0.2, 0) is 0 Å². The Hall–Kier alpha value is -0.280. The van der Waals surface area contributed by atoms with Crippen molar-refractivity contribution in [3.05, 3.63) is 6.67 Å². The first kappa shape index (κ1) is 8.72. The van der Waals surface area contributed by atoms with Gasteiger partial charge < -0.3 is 0 Å². The Morgan fingerprint density at radius 3 is 2.11 bits per heavy atom. The summed E-state index contributed by atoms with van der Waals surface area (Å²) in [5.74, 6) is -3.43. The molecule has 0 bridgehead atoms. The van der Waals surface area contributed by atoms with Gasteiger partial charge in [-0.1, -0.05) is 0 Å². The molecule has 0 aromatic rings. The zero-order valence-electron chi connectivity index (χ0n) is 4.87. The lowest BCUT2D eigenvalue weighted by atomic mass is 10.2. The summed E-state index contributed by atoms with van der Waals surface area (Å²) in [5, 5.41) is 0. The van der Waals surface area contributed by atoms with Gasteiger partial charge in [0.25, 0.3) is 5.92 Å².